The average Bonchev–Trinajstić information content (AvgIpc) is 2.92. The van der Waals surface area contributed by atoms with Crippen LogP contribution in [0.5, 0.6) is 0 Å². The molecule has 2 aromatic carbocycles. The zero-order valence-corrected chi connectivity index (χ0v) is 16.8. The van der Waals surface area contributed by atoms with Gasteiger partial charge in [0.1, 0.15) is 6.04 Å². The van der Waals surface area contributed by atoms with E-state index < -0.39 is 17.9 Å². The second-order valence-corrected chi connectivity index (χ2v) is 7.62. The average molecular weight is 378 g/mol. The van der Waals surface area contributed by atoms with Crippen molar-refractivity contribution in [2.24, 2.45) is 5.92 Å². The molecule has 1 aliphatic heterocycles. The van der Waals surface area contributed by atoms with Crippen molar-refractivity contribution < 1.29 is 14.4 Å². The minimum Gasteiger partial charge on any atom is -0.324 e. The third-order valence-electron chi connectivity index (χ3n) is 5.12. The van der Waals surface area contributed by atoms with Gasteiger partial charge in [-0.15, -0.1) is 0 Å². The molecule has 0 fully saturated rings. The fourth-order valence-electron chi connectivity index (χ4n) is 3.68. The van der Waals surface area contributed by atoms with Gasteiger partial charge < -0.3 is 5.32 Å². The Bertz CT molecular complexity index is 898. The Morgan fingerprint density at radius 1 is 1.00 bits per heavy atom. The highest BCUT2D eigenvalue weighted by molar-refractivity contribution is 6.23. The van der Waals surface area contributed by atoms with Crippen LogP contribution in [0.1, 0.15) is 59.0 Å². The van der Waals surface area contributed by atoms with Gasteiger partial charge in [0.05, 0.1) is 11.1 Å². The molecular formula is C23H26N2O3. The minimum absolute atomic E-state index is 0.141. The molecule has 0 saturated heterocycles. The summed E-state index contributed by atoms with van der Waals surface area (Å²) < 4.78 is 0. The summed E-state index contributed by atoms with van der Waals surface area (Å²) in [5.74, 6) is -0.987. The molecule has 0 aliphatic carbocycles. The molecule has 5 heteroatoms. The number of aryl methyl sites for hydroxylation is 2. The zero-order valence-electron chi connectivity index (χ0n) is 16.8. The molecule has 1 heterocycles. The smallest absolute Gasteiger partial charge is 0.262 e. The Hall–Kier alpha value is -2.95. The van der Waals surface area contributed by atoms with Gasteiger partial charge in [-0.05, 0) is 48.9 Å². The summed E-state index contributed by atoms with van der Waals surface area (Å²) in [7, 11) is 0. The number of carbonyl (C=O) groups excluding carboxylic acids is 3. The van der Waals surface area contributed by atoms with Crippen LogP contribution >= 0.6 is 0 Å². The van der Waals surface area contributed by atoms with E-state index in [1.165, 1.54) is 0 Å². The molecule has 0 aromatic heterocycles. The molecule has 0 bridgehead atoms. The second-order valence-electron chi connectivity index (χ2n) is 7.62. The van der Waals surface area contributed by atoms with Gasteiger partial charge in [0.25, 0.3) is 11.8 Å². The molecule has 2 aromatic rings. The number of fused-ring (bicyclic) bond motifs is 1. The molecule has 3 amide bonds. The van der Waals surface area contributed by atoms with Crippen molar-refractivity contribution in [2.75, 3.05) is 5.32 Å². The van der Waals surface area contributed by atoms with Gasteiger partial charge in [0, 0.05) is 5.69 Å². The normalized spacial score (nSPS) is 14.4. The number of benzene rings is 2. The number of rotatable bonds is 6. The summed E-state index contributed by atoms with van der Waals surface area (Å²) >= 11 is 0. The highest BCUT2D eigenvalue weighted by atomic mass is 16.2. The summed E-state index contributed by atoms with van der Waals surface area (Å²) in [6.45, 7) is 7.92. The molecular weight excluding hydrogens is 352 g/mol. The van der Waals surface area contributed by atoms with Crippen LogP contribution in [0.25, 0.3) is 0 Å². The maximum atomic E-state index is 13.2. The molecule has 1 atom stereocenters. The number of amides is 3. The van der Waals surface area contributed by atoms with E-state index in [1.807, 2.05) is 45.9 Å². The van der Waals surface area contributed by atoms with Crippen LogP contribution in [-0.4, -0.2) is 28.7 Å². The number of imide groups is 1. The van der Waals surface area contributed by atoms with E-state index in [0.29, 0.717) is 17.5 Å². The van der Waals surface area contributed by atoms with E-state index in [2.05, 4.69) is 5.32 Å². The van der Waals surface area contributed by atoms with Gasteiger partial charge in [-0.1, -0.05) is 51.1 Å². The summed E-state index contributed by atoms with van der Waals surface area (Å²) in [6.07, 6.45) is 1.18. The maximum absolute atomic E-state index is 13.2. The number of nitrogens with one attached hydrogen (secondary N) is 1. The zero-order chi connectivity index (χ0) is 20.4. The Kier molecular flexibility index (Phi) is 5.63. The maximum Gasteiger partial charge on any atom is 0.262 e. The summed E-state index contributed by atoms with van der Waals surface area (Å²) in [5.41, 5.74) is 3.47. The largest absolute Gasteiger partial charge is 0.324 e. The number of hydrogen-bond acceptors (Lipinski definition) is 3. The summed E-state index contributed by atoms with van der Waals surface area (Å²) in [5, 5.41) is 2.99. The van der Waals surface area contributed by atoms with Crippen molar-refractivity contribution in [1.82, 2.24) is 4.90 Å². The molecule has 0 unspecified atom stereocenters. The van der Waals surface area contributed by atoms with E-state index in [0.717, 1.165) is 28.1 Å². The third-order valence-corrected chi connectivity index (χ3v) is 5.12. The quantitative estimate of drug-likeness (QED) is 0.766. The van der Waals surface area contributed by atoms with Gasteiger partial charge in [0.2, 0.25) is 5.91 Å². The molecule has 28 heavy (non-hydrogen) atoms. The highest BCUT2D eigenvalue weighted by Gasteiger charge is 2.42. The van der Waals surface area contributed by atoms with Crippen molar-refractivity contribution >= 4 is 23.4 Å². The molecule has 5 nitrogen and oxygen atoms in total. The van der Waals surface area contributed by atoms with E-state index >= 15 is 0 Å². The highest BCUT2D eigenvalue weighted by Crippen LogP contribution is 2.28. The van der Waals surface area contributed by atoms with Crippen LogP contribution in [0.4, 0.5) is 5.69 Å². The van der Waals surface area contributed by atoms with Crippen LogP contribution in [0.15, 0.2) is 42.5 Å². The van der Waals surface area contributed by atoms with Crippen molar-refractivity contribution in [3.05, 3.63) is 64.7 Å². The van der Waals surface area contributed by atoms with Gasteiger partial charge in [-0.2, -0.15) is 0 Å². The lowest BCUT2D eigenvalue weighted by molar-refractivity contribution is -0.120. The SMILES string of the molecule is CCc1cccc(C)c1NC(=O)[C@H](CC(C)C)N1C(=O)c2ccccc2C1=O. The number of para-hydroxylation sites is 1. The lowest BCUT2D eigenvalue weighted by Crippen LogP contribution is -2.48. The molecule has 0 radical (unpaired) electrons. The van der Waals surface area contributed by atoms with Gasteiger partial charge in [0.15, 0.2) is 0 Å². The molecule has 146 valence electrons. The first-order valence-electron chi connectivity index (χ1n) is 9.71. The monoisotopic (exact) mass is 378 g/mol. The Balaban J connectivity index is 1.95. The Morgan fingerprint density at radius 3 is 2.14 bits per heavy atom. The first kappa shape index (κ1) is 19.8. The third kappa shape index (κ3) is 3.57. The van der Waals surface area contributed by atoms with Crippen LogP contribution in [0, 0.1) is 12.8 Å². The number of anilines is 1. The molecule has 3 rings (SSSR count). The second kappa shape index (κ2) is 7.97. The number of hydrogen-bond donors (Lipinski definition) is 1. The first-order chi connectivity index (χ1) is 13.3. The molecule has 1 aliphatic rings. The standard InChI is InChI=1S/C23H26N2O3/c1-5-16-10-8-9-15(4)20(16)24-21(26)19(13-14(2)3)25-22(27)17-11-6-7-12-18(17)23(25)28/h6-12,14,19H,5,13H2,1-4H3,(H,24,26)/t19-/m0/s1. The van der Waals surface area contributed by atoms with Crippen LogP contribution in [0.2, 0.25) is 0 Å². The molecule has 0 saturated carbocycles. The number of carbonyl (C=O) groups is 3. The van der Waals surface area contributed by atoms with Crippen LogP contribution in [-0.2, 0) is 11.2 Å². The fourth-order valence-corrected chi connectivity index (χ4v) is 3.68. The van der Waals surface area contributed by atoms with Crippen molar-refractivity contribution in [1.29, 1.82) is 0 Å². The van der Waals surface area contributed by atoms with E-state index in [4.69, 9.17) is 0 Å². The number of nitrogens with zero attached hydrogens (tertiary/aromatic N) is 1. The first-order valence-corrected chi connectivity index (χ1v) is 9.71. The topological polar surface area (TPSA) is 66.5 Å². The van der Waals surface area contributed by atoms with E-state index in [-0.39, 0.29) is 11.8 Å². The minimum atomic E-state index is -0.850. The lowest BCUT2D eigenvalue weighted by Gasteiger charge is -2.27. The van der Waals surface area contributed by atoms with Crippen molar-refractivity contribution in [2.45, 2.75) is 46.6 Å². The molecule has 0 spiro atoms. The van der Waals surface area contributed by atoms with E-state index in [1.54, 1.807) is 24.3 Å². The predicted molar refractivity (Wildman–Crippen MR) is 109 cm³/mol. The fraction of sp³-hybridized carbons (Fsp3) is 0.348. The Morgan fingerprint density at radius 2 is 1.61 bits per heavy atom. The Labute approximate surface area is 165 Å². The lowest BCUT2D eigenvalue weighted by atomic mass is 10.0. The van der Waals surface area contributed by atoms with Crippen molar-refractivity contribution in [3.63, 3.8) is 0 Å². The van der Waals surface area contributed by atoms with Gasteiger partial charge >= 0.3 is 0 Å². The van der Waals surface area contributed by atoms with Crippen molar-refractivity contribution in [3.8, 4) is 0 Å². The summed E-state index contributed by atoms with van der Waals surface area (Å²) in [4.78, 5) is 40.2. The van der Waals surface area contributed by atoms with Gasteiger partial charge in [-0.3, -0.25) is 19.3 Å². The van der Waals surface area contributed by atoms with Crippen LogP contribution < -0.4 is 5.32 Å². The van der Waals surface area contributed by atoms with Crippen LogP contribution in [0.3, 0.4) is 0 Å². The van der Waals surface area contributed by atoms with Gasteiger partial charge in [-0.25, -0.2) is 0 Å². The van der Waals surface area contributed by atoms with E-state index in [9.17, 15) is 14.4 Å². The summed E-state index contributed by atoms with van der Waals surface area (Å²) in [6, 6.07) is 11.7. The molecule has 1 N–H and O–H groups in total. The predicted octanol–water partition coefficient (Wildman–Crippen LogP) is 4.21.